The zero-order valence-corrected chi connectivity index (χ0v) is 15.6. The van der Waals surface area contributed by atoms with Gasteiger partial charge in [0.1, 0.15) is 12.3 Å². The van der Waals surface area contributed by atoms with Crippen molar-refractivity contribution in [2.24, 2.45) is 5.10 Å². The lowest BCUT2D eigenvalue weighted by Crippen LogP contribution is -2.38. The fourth-order valence-corrected chi connectivity index (χ4v) is 4.32. The number of nitrogens with zero attached hydrogens (tertiary/aromatic N) is 2. The molecule has 0 aliphatic carbocycles. The fraction of sp³-hybridized carbons (Fsp3) is 0.174. The second-order valence-electron chi connectivity index (χ2n) is 7.29. The number of aromatic nitrogens is 1. The number of carbonyl (C=O) groups is 1. The summed E-state index contributed by atoms with van der Waals surface area (Å²) in [6, 6.07) is 17.4. The average Bonchev–Trinajstić information content (AvgIpc) is 2.80. The lowest BCUT2D eigenvalue weighted by Gasteiger charge is -2.39. The number of aliphatic hydroxyl groups excluding tert-OH is 1. The van der Waals surface area contributed by atoms with E-state index < -0.39 is 6.04 Å². The maximum Gasteiger partial charge on any atom is 0.148 e. The van der Waals surface area contributed by atoms with E-state index in [9.17, 15) is 9.90 Å². The molecule has 0 radical (unpaired) electrons. The molecule has 0 amide bonds. The van der Waals surface area contributed by atoms with Crippen LogP contribution in [-0.2, 0) is 11.4 Å². The molecule has 6 nitrogen and oxygen atoms in total. The maximum absolute atomic E-state index is 11.6. The first-order valence-corrected chi connectivity index (χ1v) is 9.58. The van der Waals surface area contributed by atoms with Crippen molar-refractivity contribution < 1.29 is 9.90 Å². The highest BCUT2D eigenvalue weighted by atomic mass is 16.3. The summed E-state index contributed by atoms with van der Waals surface area (Å²) >= 11 is 0. The number of benzene rings is 2. The van der Waals surface area contributed by atoms with E-state index >= 15 is 0 Å². The molecule has 2 aromatic carbocycles. The summed E-state index contributed by atoms with van der Waals surface area (Å²) < 4.78 is 0. The minimum Gasteiger partial charge on any atom is -0.392 e. The average molecular weight is 384 g/mol. The Morgan fingerprint density at radius 2 is 1.86 bits per heavy atom. The molecule has 0 saturated carbocycles. The van der Waals surface area contributed by atoms with Gasteiger partial charge in [-0.15, -0.1) is 0 Å². The van der Waals surface area contributed by atoms with Crippen LogP contribution in [0.15, 0.2) is 72.1 Å². The summed E-state index contributed by atoms with van der Waals surface area (Å²) in [5.41, 5.74) is 9.77. The third-order valence-electron chi connectivity index (χ3n) is 5.64. The number of nitrogens with one attached hydrogen (secondary N) is 2. The van der Waals surface area contributed by atoms with Crippen LogP contribution in [0, 0.1) is 0 Å². The molecule has 0 saturated heterocycles. The lowest BCUT2D eigenvalue weighted by molar-refractivity contribution is -0.109. The van der Waals surface area contributed by atoms with Crippen molar-refractivity contribution in [3.63, 3.8) is 0 Å². The molecule has 0 bridgehead atoms. The second kappa shape index (κ2) is 7.14. The van der Waals surface area contributed by atoms with Gasteiger partial charge in [-0.25, -0.2) is 0 Å². The zero-order valence-electron chi connectivity index (χ0n) is 15.6. The molecule has 29 heavy (non-hydrogen) atoms. The van der Waals surface area contributed by atoms with E-state index in [1.165, 1.54) is 0 Å². The molecule has 0 spiro atoms. The molecule has 3 N–H and O–H groups in total. The summed E-state index contributed by atoms with van der Waals surface area (Å²) in [5.74, 6) is -0.0994. The van der Waals surface area contributed by atoms with Crippen molar-refractivity contribution in [2.75, 3.05) is 5.32 Å². The van der Waals surface area contributed by atoms with E-state index in [-0.39, 0.29) is 18.6 Å². The highest BCUT2D eigenvalue weighted by molar-refractivity contribution is 6.13. The van der Waals surface area contributed by atoms with Gasteiger partial charge in [-0.1, -0.05) is 36.4 Å². The minimum absolute atomic E-state index is 0.0201. The SMILES string of the molecule is O=CC1NN=C2c3c(cccc31)NC(c1ccncc1)C2c1cccc(CO)c1. The molecular formula is C23H20N4O2. The number of rotatable bonds is 4. The van der Waals surface area contributed by atoms with Crippen LogP contribution in [-0.4, -0.2) is 22.1 Å². The van der Waals surface area contributed by atoms with Gasteiger partial charge in [-0.2, -0.15) is 5.10 Å². The standard InChI is InChI=1S/C23H20N4O2/c28-12-14-3-1-4-16(11-14)20-22(15-7-9-24-10-8-15)25-18-6-2-5-17-19(13-29)26-27-23(20)21(17)18/h1-11,13,19-20,22,25-26,28H,12H2. The number of anilines is 1. The summed E-state index contributed by atoms with van der Waals surface area (Å²) in [5, 5.41) is 18.0. The predicted octanol–water partition coefficient (Wildman–Crippen LogP) is 3.07. The molecule has 6 heteroatoms. The molecule has 3 heterocycles. The highest BCUT2D eigenvalue weighted by Crippen LogP contribution is 2.45. The van der Waals surface area contributed by atoms with E-state index in [1.54, 1.807) is 12.4 Å². The van der Waals surface area contributed by atoms with E-state index in [2.05, 4.69) is 26.9 Å². The smallest absolute Gasteiger partial charge is 0.148 e. The van der Waals surface area contributed by atoms with Gasteiger partial charge >= 0.3 is 0 Å². The summed E-state index contributed by atoms with van der Waals surface area (Å²) in [7, 11) is 0. The largest absolute Gasteiger partial charge is 0.392 e. The highest BCUT2D eigenvalue weighted by Gasteiger charge is 2.40. The Morgan fingerprint density at radius 3 is 2.66 bits per heavy atom. The summed E-state index contributed by atoms with van der Waals surface area (Å²) in [6.07, 6.45) is 4.45. The molecule has 5 rings (SSSR count). The normalized spacial score (nSPS) is 22.0. The van der Waals surface area contributed by atoms with Gasteiger partial charge in [0.2, 0.25) is 0 Å². The molecule has 3 unspecified atom stereocenters. The molecule has 2 aliphatic rings. The number of carbonyl (C=O) groups excluding carboxylic acids is 1. The van der Waals surface area contributed by atoms with E-state index in [1.807, 2.05) is 48.5 Å². The van der Waals surface area contributed by atoms with Gasteiger partial charge in [0.25, 0.3) is 0 Å². The van der Waals surface area contributed by atoms with Crippen molar-refractivity contribution in [1.82, 2.24) is 10.4 Å². The third-order valence-corrected chi connectivity index (χ3v) is 5.64. The minimum atomic E-state index is -0.461. The number of aliphatic hydroxyl groups is 1. The maximum atomic E-state index is 11.6. The summed E-state index contributed by atoms with van der Waals surface area (Å²) in [4.78, 5) is 15.7. The first-order valence-electron chi connectivity index (χ1n) is 9.58. The zero-order chi connectivity index (χ0) is 19.8. The van der Waals surface area contributed by atoms with Crippen molar-refractivity contribution in [2.45, 2.75) is 24.6 Å². The molecule has 3 atom stereocenters. The van der Waals surface area contributed by atoms with E-state index in [0.29, 0.717) is 0 Å². The Bertz CT molecular complexity index is 1100. The lowest BCUT2D eigenvalue weighted by atomic mass is 9.75. The van der Waals surface area contributed by atoms with Gasteiger partial charge in [0, 0.05) is 23.6 Å². The van der Waals surface area contributed by atoms with Crippen LogP contribution in [0.25, 0.3) is 0 Å². The topological polar surface area (TPSA) is 86.6 Å². The van der Waals surface area contributed by atoms with Crippen LogP contribution >= 0.6 is 0 Å². The number of hydrogen-bond acceptors (Lipinski definition) is 6. The Morgan fingerprint density at radius 1 is 1.03 bits per heavy atom. The van der Waals surface area contributed by atoms with Gasteiger partial charge in [0.05, 0.1) is 24.3 Å². The van der Waals surface area contributed by atoms with Crippen LogP contribution in [0.3, 0.4) is 0 Å². The van der Waals surface area contributed by atoms with E-state index in [4.69, 9.17) is 0 Å². The molecule has 3 aromatic rings. The van der Waals surface area contributed by atoms with Crippen LogP contribution in [0.4, 0.5) is 5.69 Å². The Balaban J connectivity index is 1.73. The van der Waals surface area contributed by atoms with E-state index in [0.717, 1.165) is 45.5 Å². The quantitative estimate of drug-likeness (QED) is 0.602. The van der Waals surface area contributed by atoms with Gasteiger partial charge < -0.3 is 15.2 Å². The second-order valence-corrected chi connectivity index (χ2v) is 7.29. The number of aldehydes is 1. The molecular weight excluding hydrogens is 364 g/mol. The molecule has 1 aromatic heterocycles. The van der Waals surface area contributed by atoms with Gasteiger partial charge in [-0.05, 0) is 40.5 Å². The Kier molecular flexibility index (Phi) is 4.33. The van der Waals surface area contributed by atoms with Gasteiger partial charge in [0.15, 0.2) is 0 Å². The monoisotopic (exact) mass is 384 g/mol. The van der Waals surface area contributed by atoms with Crippen LogP contribution < -0.4 is 10.7 Å². The van der Waals surface area contributed by atoms with Crippen LogP contribution in [0.1, 0.15) is 45.8 Å². The van der Waals surface area contributed by atoms with Crippen LogP contribution in [0.2, 0.25) is 0 Å². The third kappa shape index (κ3) is 2.89. The Labute approximate surface area is 168 Å². The number of hydrogen-bond donors (Lipinski definition) is 3. The predicted molar refractivity (Wildman–Crippen MR) is 111 cm³/mol. The van der Waals surface area contributed by atoms with Crippen molar-refractivity contribution >= 4 is 17.7 Å². The molecule has 2 aliphatic heterocycles. The first-order chi connectivity index (χ1) is 14.3. The fourth-order valence-electron chi connectivity index (χ4n) is 4.32. The molecule has 144 valence electrons. The van der Waals surface area contributed by atoms with Gasteiger partial charge in [-0.3, -0.25) is 10.4 Å². The number of pyridine rings is 1. The molecule has 0 fully saturated rings. The van der Waals surface area contributed by atoms with Crippen molar-refractivity contribution in [3.8, 4) is 0 Å². The van der Waals surface area contributed by atoms with Crippen molar-refractivity contribution in [1.29, 1.82) is 0 Å². The van der Waals surface area contributed by atoms with Crippen molar-refractivity contribution in [3.05, 3.63) is 94.8 Å². The number of hydrazone groups is 1. The Hall–Kier alpha value is -3.51. The summed E-state index contributed by atoms with van der Waals surface area (Å²) in [6.45, 7) is -0.0201. The van der Waals surface area contributed by atoms with Crippen LogP contribution in [0.5, 0.6) is 0 Å². The first kappa shape index (κ1) is 17.6.